The summed E-state index contributed by atoms with van der Waals surface area (Å²) >= 11 is 0. The zero-order chi connectivity index (χ0) is 13.3. The molecule has 5 heteroatoms. The quantitative estimate of drug-likeness (QED) is 0.889. The predicted octanol–water partition coefficient (Wildman–Crippen LogP) is 1.90. The Bertz CT molecular complexity index is 489. The number of para-hydroxylation sites is 1. The lowest BCUT2D eigenvalue weighted by atomic mass is 10.2. The van der Waals surface area contributed by atoms with Gasteiger partial charge in [0.05, 0.1) is 17.5 Å². The zero-order valence-corrected chi connectivity index (χ0v) is 9.97. The summed E-state index contributed by atoms with van der Waals surface area (Å²) in [6, 6.07) is 6.01. The Hall–Kier alpha value is -1.91. The Kier molecular flexibility index (Phi) is 3.32. The number of halogens is 1. The topological polar surface area (TPSA) is 57.6 Å². The number of carbonyl (C=O) groups excluding carboxylic acids is 1. The van der Waals surface area contributed by atoms with Gasteiger partial charge in [0.25, 0.3) is 0 Å². The van der Waals surface area contributed by atoms with E-state index in [2.05, 4.69) is 0 Å². The summed E-state index contributed by atoms with van der Waals surface area (Å²) in [7, 11) is 0. The van der Waals surface area contributed by atoms with Crippen LogP contribution in [0.25, 0.3) is 0 Å². The summed E-state index contributed by atoms with van der Waals surface area (Å²) in [6.07, 6.45) is 0.346. The largest absolute Gasteiger partial charge is 0.481 e. The summed E-state index contributed by atoms with van der Waals surface area (Å²) in [5.74, 6) is -2.87. The monoisotopic (exact) mass is 251 g/mol. The molecule has 1 fully saturated rings. The minimum atomic E-state index is -0.960. The first-order valence-corrected chi connectivity index (χ1v) is 5.85. The molecule has 0 aliphatic heterocycles. The van der Waals surface area contributed by atoms with Gasteiger partial charge in [0.2, 0.25) is 5.91 Å². The van der Waals surface area contributed by atoms with Crippen LogP contribution in [0.5, 0.6) is 0 Å². The molecular weight excluding hydrogens is 237 g/mol. The molecule has 2 unspecified atom stereocenters. The van der Waals surface area contributed by atoms with E-state index in [9.17, 15) is 14.0 Å². The van der Waals surface area contributed by atoms with E-state index in [4.69, 9.17) is 5.11 Å². The van der Waals surface area contributed by atoms with Crippen LogP contribution >= 0.6 is 0 Å². The molecule has 0 heterocycles. The van der Waals surface area contributed by atoms with E-state index in [1.807, 2.05) is 0 Å². The molecule has 1 aliphatic rings. The molecule has 96 valence electrons. The fourth-order valence-electron chi connectivity index (χ4n) is 2.06. The molecule has 0 saturated heterocycles. The average molecular weight is 251 g/mol. The minimum Gasteiger partial charge on any atom is -0.481 e. The van der Waals surface area contributed by atoms with Crippen molar-refractivity contribution in [3.05, 3.63) is 30.1 Å². The molecule has 1 saturated carbocycles. The molecule has 1 aromatic rings. The van der Waals surface area contributed by atoms with Crippen LogP contribution in [0.2, 0.25) is 0 Å². The van der Waals surface area contributed by atoms with Crippen LogP contribution in [0.3, 0.4) is 0 Å². The highest BCUT2D eigenvalue weighted by Crippen LogP contribution is 2.41. The van der Waals surface area contributed by atoms with Gasteiger partial charge in [-0.05, 0) is 25.5 Å². The van der Waals surface area contributed by atoms with E-state index < -0.39 is 23.6 Å². The molecule has 1 N–H and O–H groups in total. The molecule has 0 radical (unpaired) electrons. The van der Waals surface area contributed by atoms with Gasteiger partial charge >= 0.3 is 5.97 Å². The second-order valence-electron chi connectivity index (χ2n) is 4.32. The van der Waals surface area contributed by atoms with Gasteiger partial charge in [0.1, 0.15) is 5.82 Å². The standard InChI is InChI=1S/C13H14FNO3/c1-2-15(11-6-4-3-5-10(11)14)12(16)8-7-9(8)13(17)18/h3-6,8-9H,2,7H2,1H3,(H,17,18). The van der Waals surface area contributed by atoms with Crippen molar-refractivity contribution in [2.75, 3.05) is 11.4 Å². The SMILES string of the molecule is CCN(C(=O)C1CC1C(=O)O)c1ccccc1F. The number of benzene rings is 1. The number of carboxylic acids is 1. The first-order chi connectivity index (χ1) is 8.56. The maximum absolute atomic E-state index is 13.6. The minimum absolute atomic E-state index is 0.209. The molecule has 18 heavy (non-hydrogen) atoms. The predicted molar refractivity (Wildman–Crippen MR) is 63.7 cm³/mol. The fraction of sp³-hybridized carbons (Fsp3) is 0.385. The summed E-state index contributed by atoms with van der Waals surface area (Å²) < 4.78 is 13.6. The summed E-state index contributed by atoms with van der Waals surface area (Å²) in [5.41, 5.74) is 0.209. The van der Waals surface area contributed by atoms with Crippen molar-refractivity contribution in [1.29, 1.82) is 0 Å². The molecular formula is C13H14FNO3. The molecule has 4 nitrogen and oxygen atoms in total. The Morgan fingerprint density at radius 2 is 2.06 bits per heavy atom. The van der Waals surface area contributed by atoms with Gasteiger partial charge in [0.15, 0.2) is 0 Å². The second kappa shape index (κ2) is 4.76. The molecule has 2 rings (SSSR count). The Balaban J connectivity index is 2.18. The third-order valence-corrected chi connectivity index (χ3v) is 3.15. The molecule has 0 aromatic heterocycles. The van der Waals surface area contributed by atoms with Crippen LogP contribution in [0.1, 0.15) is 13.3 Å². The van der Waals surface area contributed by atoms with Crippen LogP contribution < -0.4 is 4.90 Å². The molecule has 0 bridgehead atoms. The second-order valence-corrected chi connectivity index (χ2v) is 4.32. The maximum Gasteiger partial charge on any atom is 0.307 e. The molecule has 1 aliphatic carbocycles. The van der Waals surface area contributed by atoms with E-state index in [1.54, 1.807) is 19.1 Å². The van der Waals surface area contributed by atoms with Crippen LogP contribution in [0.15, 0.2) is 24.3 Å². The van der Waals surface area contributed by atoms with E-state index in [0.717, 1.165) is 0 Å². The van der Waals surface area contributed by atoms with Crippen LogP contribution in [0, 0.1) is 17.7 Å². The van der Waals surface area contributed by atoms with Gasteiger partial charge in [0, 0.05) is 6.54 Å². The Labute approximate surface area is 104 Å². The van der Waals surface area contributed by atoms with Crippen molar-refractivity contribution < 1.29 is 19.1 Å². The number of carboxylic acid groups (broad SMARTS) is 1. The van der Waals surface area contributed by atoms with E-state index in [-0.39, 0.29) is 11.6 Å². The molecule has 1 aromatic carbocycles. The summed E-state index contributed by atoms with van der Waals surface area (Å²) in [4.78, 5) is 24.2. The number of hydrogen-bond donors (Lipinski definition) is 1. The molecule has 0 spiro atoms. The Morgan fingerprint density at radius 3 is 2.56 bits per heavy atom. The van der Waals surface area contributed by atoms with Crippen molar-refractivity contribution in [1.82, 2.24) is 0 Å². The smallest absolute Gasteiger partial charge is 0.307 e. The lowest BCUT2D eigenvalue weighted by Crippen LogP contribution is -2.33. The maximum atomic E-state index is 13.6. The lowest BCUT2D eigenvalue weighted by Gasteiger charge is -2.21. The van der Waals surface area contributed by atoms with Gasteiger partial charge in [-0.15, -0.1) is 0 Å². The molecule has 1 amide bonds. The van der Waals surface area contributed by atoms with Crippen LogP contribution in [0.4, 0.5) is 10.1 Å². The number of nitrogens with zero attached hydrogens (tertiary/aromatic N) is 1. The highest BCUT2D eigenvalue weighted by Gasteiger charge is 2.50. The number of rotatable bonds is 4. The summed E-state index contributed by atoms with van der Waals surface area (Å²) in [6.45, 7) is 2.06. The zero-order valence-electron chi connectivity index (χ0n) is 9.97. The first kappa shape index (κ1) is 12.5. The van der Waals surface area contributed by atoms with Crippen molar-refractivity contribution in [3.63, 3.8) is 0 Å². The van der Waals surface area contributed by atoms with Gasteiger partial charge in [-0.25, -0.2) is 4.39 Å². The van der Waals surface area contributed by atoms with Crippen molar-refractivity contribution in [2.24, 2.45) is 11.8 Å². The highest BCUT2D eigenvalue weighted by atomic mass is 19.1. The number of anilines is 1. The van der Waals surface area contributed by atoms with E-state index in [1.165, 1.54) is 17.0 Å². The van der Waals surface area contributed by atoms with Gasteiger partial charge in [-0.2, -0.15) is 0 Å². The average Bonchev–Trinajstić information content (AvgIpc) is 3.12. The number of aliphatic carboxylic acids is 1. The lowest BCUT2D eigenvalue weighted by molar-refractivity contribution is -0.140. The molecule has 2 atom stereocenters. The highest BCUT2D eigenvalue weighted by molar-refractivity contribution is 6.00. The third kappa shape index (κ3) is 2.20. The number of amides is 1. The normalized spacial score (nSPS) is 21.4. The van der Waals surface area contributed by atoms with E-state index in [0.29, 0.717) is 13.0 Å². The fourth-order valence-corrected chi connectivity index (χ4v) is 2.06. The van der Waals surface area contributed by atoms with Crippen LogP contribution in [-0.2, 0) is 9.59 Å². The van der Waals surface area contributed by atoms with Crippen LogP contribution in [-0.4, -0.2) is 23.5 Å². The van der Waals surface area contributed by atoms with Crippen molar-refractivity contribution in [3.8, 4) is 0 Å². The van der Waals surface area contributed by atoms with Gasteiger partial charge < -0.3 is 10.0 Å². The number of hydrogen-bond acceptors (Lipinski definition) is 2. The Morgan fingerprint density at radius 1 is 1.39 bits per heavy atom. The van der Waals surface area contributed by atoms with E-state index >= 15 is 0 Å². The van der Waals surface area contributed by atoms with Crippen molar-refractivity contribution >= 4 is 17.6 Å². The van der Waals surface area contributed by atoms with Crippen molar-refractivity contribution in [2.45, 2.75) is 13.3 Å². The summed E-state index contributed by atoms with van der Waals surface area (Å²) in [5, 5.41) is 8.81. The van der Waals surface area contributed by atoms with Gasteiger partial charge in [-0.3, -0.25) is 9.59 Å². The first-order valence-electron chi connectivity index (χ1n) is 5.85. The third-order valence-electron chi connectivity index (χ3n) is 3.15. The number of carbonyl (C=O) groups is 2. The van der Waals surface area contributed by atoms with Gasteiger partial charge in [-0.1, -0.05) is 12.1 Å².